The number of primary amides is 1. The SMILES string of the molecule is NC(=O)N(CCNc1ccc(F)cc1)C(=O)[CH]CC1CCCCC1. The summed E-state index contributed by atoms with van der Waals surface area (Å²) in [6, 6.07) is 5.14. The number of rotatable bonds is 7. The molecule has 1 aromatic rings. The van der Waals surface area contributed by atoms with Gasteiger partial charge in [-0.15, -0.1) is 0 Å². The fourth-order valence-corrected chi connectivity index (χ4v) is 3.01. The predicted molar refractivity (Wildman–Crippen MR) is 91.7 cm³/mol. The third-order valence-electron chi connectivity index (χ3n) is 4.39. The van der Waals surface area contributed by atoms with Crippen molar-refractivity contribution in [3.63, 3.8) is 0 Å². The van der Waals surface area contributed by atoms with Gasteiger partial charge >= 0.3 is 6.03 Å². The van der Waals surface area contributed by atoms with Gasteiger partial charge in [0.15, 0.2) is 0 Å². The molecule has 24 heavy (non-hydrogen) atoms. The van der Waals surface area contributed by atoms with Crippen LogP contribution < -0.4 is 11.1 Å². The third-order valence-corrected chi connectivity index (χ3v) is 4.39. The van der Waals surface area contributed by atoms with E-state index in [2.05, 4.69) is 5.32 Å². The number of halogens is 1. The van der Waals surface area contributed by atoms with Gasteiger partial charge in [-0.05, 0) is 36.6 Å². The largest absolute Gasteiger partial charge is 0.383 e. The molecular formula is C18H25FN3O2. The van der Waals surface area contributed by atoms with Crippen molar-refractivity contribution in [2.75, 3.05) is 18.4 Å². The molecule has 3 N–H and O–H groups in total. The van der Waals surface area contributed by atoms with Gasteiger partial charge in [0, 0.05) is 18.8 Å². The summed E-state index contributed by atoms with van der Waals surface area (Å²) >= 11 is 0. The Morgan fingerprint density at radius 3 is 2.50 bits per heavy atom. The number of urea groups is 1. The minimum Gasteiger partial charge on any atom is -0.383 e. The molecule has 1 fully saturated rings. The van der Waals surface area contributed by atoms with E-state index in [-0.39, 0.29) is 18.3 Å². The van der Waals surface area contributed by atoms with Crippen LogP contribution in [0.1, 0.15) is 38.5 Å². The van der Waals surface area contributed by atoms with Gasteiger partial charge < -0.3 is 11.1 Å². The highest BCUT2D eigenvalue weighted by atomic mass is 19.1. The lowest BCUT2D eigenvalue weighted by molar-refractivity contribution is -0.124. The van der Waals surface area contributed by atoms with E-state index >= 15 is 0 Å². The summed E-state index contributed by atoms with van der Waals surface area (Å²) in [5.74, 6) is -0.115. The molecule has 0 aromatic heterocycles. The van der Waals surface area contributed by atoms with Crippen LogP contribution in [0, 0.1) is 18.2 Å². The molecule has 131 valence electrons. The van der Waals surface area contributed by atoms with E-state index in [9.17, 15) is 14.0 Å². The number of hydrogen-bond donors (Lipinski definition) is 2. The van der Waals surface area contributed by atoms with Crippen LogP contribution in [-0.2, 0) is 4.79 Å². The number of nitrogens with zero attached hydrogens (tertiary/aromatic N) is 1. The maximum atomic E-state index is 12.8. The Morgan fingerprint density at radius 1 is 1.21 bits per heavy atom. The predicted octanol–water partition coefficient (Wildman–Crippen LogP) is 3.32. The molecule has 1 aliphatic rings. The molecule has 0 saturated heterocycles. The first-order valence-electron chi connectivity index (χ1n) is 8.50. The van der Waals surface area contributed by atoms with Crippen molar-refractivity contribution in [3.8, 4) is 0 Å². The molecule has 6 heteroatoms. The summed E-state index contributed by atoms with van der Waals surface area (Å²) in [6.07, 6.45) is 8.28. The molecule has 1 radical (unpaired) electrons. The molecule has 0 bridgehead atoms. The number of hydrogen-bond acceptors (Lipinski definition) is 3. The van der Waals surface area contributed by atoms with E-state index in [1.807, 2.05) is 0 Å². The van der Waals surface area contributed by atoms with Crippen molar-refractivity contribution in [1.82, 2.24) is 4.90 Å². The Kier molecular flexibility index (Phi) is 7.03. The Labute approximate surface area is 142 Å². The van der Waals surface area contributed by atoms with Crippen LogP contribution in [0.2, 0.25) is 0 Å². The molecule has 5 nitrogen and oxygen atoms in total. The maximum absolute atomic E-state index is 12.8. The highest BCUT2D eigenvalue weighted by Gasteiger charge is 2.21. The first-order chi connectivity index (χ1) is 11.6. The number of nitrogens with two attached hydrogens (primary N) is 1. The minimum atomic E-state index is -0.749. The Bertz CT molecular complexity index is 542. The summed E-state index contributed by atoms with van der Waals surface area (Å²) in [7, 11) is 0. The zero-order valence-corrected chi connectivity index (χ0v) is 13.8. The summed E-state index contributed by atoms with van der Waals surface area (Å²) < 4.78 is 12.8. The van der Waals surface area contributed by atoms with Crippen LogP contribution in [0.15, 0.2) is 24.3 Å². The van der Waals surface area contributed by atoms with Crippen LogP contribution in [0.5, 0.6) is 0 Å². The van der Waals surface area contributed by atoms with Gasteiger partial charge in [0.2, 0.25) is 5.91 Å². The molecule has 3 amide bonds. The van der Waals surface area contributed by atoms with Gasteiger partial charge in [-0.3, -0.25) is 9.69 Å². The second-order valence-electron chi connectivity index (χ2n) is 6.21. The average Bonchev–Trinajstić information content (AvgIpc) is 2.59. The van der Waals surface area contributed by atoms with Gasteiger partial charge in [-0.2, -0.15) is 0 Å². The van der Waals surface area contributed by atoms with Crippen molar-refractivity contribution in [1.29, 1.82) is 0 Å². The smallest absolute Gasteiger partial charge is 0.321 e. The van der Waals surface area contributed by atoms with E-state index in [1.54, 1.807) is 18.6 Å². The van der Waals surface area contributed by atoms with Crippen LogP contribution >= 0.6 is 0 Å². The van der Waals surface area contributed by atoms with E-state index in [0.717, 1.165) is 23.4 Å². The maximum Gasteiger partial charge on any atom is 0.321 e. The minimum absolute atomic E-state index is 0.173. The number of amides is 3. The summed E-state index contributed by atoms with van der Waals surface area (Å²) in [6.45, 7) is 0.532. The Hall–Kier alpha value is -2.11. The Balaban J connectivity index is 1.76. The fourth-order valence-electron chi connectivity index (χ4n) is 3.01. The van der Waals surface area contributed by atoms with E-state index in [1.165, 1.54) is 31.4 Å². The van der Waals surface area contributed by atoms with Gasteiger partial charge in [0.25, 0.3) is 0 Å². The normalized spacial score (nSPS) is 15.0. The van der Waals surface area contributed by atoms with Crippen molar-refractivity contribution in [3.05, 3.63) is 36.5 Å². The number of carbonyl (C=O) groups excluding carboxylic acids is 2. The lowest BCUT2D eigenvalue weighted by Gasteiger charge is -2.23. The highest BCUT2D eigenvalue weighted by molar-refractivity contribution is 5.98. The zero-order valence-electron chi connectivity index (χ0n) is 13.8. The molecule has 0 spiro atoms. The molecule has 0 unspecified atom stereocenters. The average molecular weight is 334 g/mol. The Morgan fingerprint density at radius 2 is 1.88 bits per heavy atom. The van der Waals surface area contributed by atoms with Gasteiger partial charge in [-0.1, -0.05) is 32.1 Å². The molecule has 0 heterocycles. The van der Waals surface area contributed by atoms with Crippen molar-refractivity contribution >= 4 is 17.6 Å². The number of carbonyl (C=O) groups is 2. The second kappa shape index (κ2) is 9.25. The van der Waals surface area contributed by atoms with Crippen LogP contribution in [0.3, 0.4) is 0 Å². The molecule has 0 aliphatic heterocycles. The number of nitrogens with one attached hydrogen (secondary N) is 1. The van der Waals surface area contributed by atoms with Crippen molar-refractivity contribution in [2.24, 2.45) is 11.7 Å². The third kappa shape index (κ3) is 5.83. The summed E-state index contributed by atoms with van der Waals surface area (Å²) in [5.41, 5.74) is 6.04. The fraction of sp³-hybridized carbons (Fsp3) is 0.500. The summed E-state index contributed by atoms with van der Waals surface area (Å²) in [5, 5.41) is 3.04. The van der Waals surface area contributed by atoms with Gasteiger partial charge in [-0.25, -0.2) is 9.18 Å². The first-order valence-corrected chi connectivity index (χ1v) is 8.50. The van der Waals surface area contributed by atoms with Gasteiger partial charge in [0.1, 0.15) is 5.82 Å². The highest BCUT2D eigenvalue weighted by Crippen LogP contribution is 2.27. The first kappa shape index (κ1) is 18.2. The summed E-state index contributed by atoms with van der Waals surface area (Å²) in [4.78, 5) is 24.8. The lowest BCUT2D eigenvalue weighted by Crippen LogP contribution is -2.43. The lowest BCUT2D eigenvalue weighted by atomic mass is 9.86. The molecule has 2 rings (SSSR count). The molecule has 1 saturated carbocycles. The molecule has 1 aliphatic carbocycles. The van der Waals surface area contributed by atoms with Crippen molar-refractivity contribution < 1.29 is 14.0 Å². The van der Waals surface area contributed by atoms with E-state index < -0.39 is 6.03 Å². The quantitative estimate of drug-likeness (QED) is 0.803. The molecular weight excluding hydrogens is 309 g/mol. The standard InChI is InChI=1S/C18H25FN3O2/c19-15-7-9-16(10-8-15)21-12-13-22(18(20)24)17(23)11-6-14-4-2-1-3-5-14/h7-11,14,21H,1-6,12-13H2,(H2,20,24). The number of benzene rings is 1. The number of anilines is 1. The van der Waals surface area contributed by atoms with Crippen LogP contribution in [0.25, 0.3) is 0 Å². The molecule has 0 atom stereocenters. The molecule has 1 aromatic carbocycles. The second-order valence-corrected chi connectivity index (χ2v) is 6.21. The van der Waals surface area contributed by atoms with E-state index in [0.29, 0.717) is 18.9 Å². The topological polar surface area (TPSA) is 75.4 Å². The van der Waals surface area contributed by atoms with Gasteiger partial charge in [0.05, 0.1) is 6.42 Å². The van der Waals surface area contributed by atoms with Crippen LogP contribution in [-0.4, -0.2) is 29.9 Å². The van der Waals surface area contributed by atoms with Crippen LogP contribution in [0.4, 0.5) is 14.9 Å². The van der Waals surface area contributed by atoms with Crippen molar-refractivity contribution in [2.45, 2.75) is 38.5 Å². The monoisotopic (exact) mass is 334 g/mol. The number of imide groups is 1. The zero-order chi connectivity index (χ0) is 17.4. The van der Waals surface area contributed by atoms with E-state index in [4.69, 9.17) is 5.73 Å².